The highest BCUT2D eigenvalue weighted by atomic mass is 16.6. The fourth-order valence-corrected chi connectivity index (χ4v) is 8.39. The summed E-state index contributed by atoms with van der Waals surface area (Å²) in [4.78, 5) is 24.4. The van der Waals surface area contributed by atoms with Gasteiger partial charge in [0.05, 0.1) is 6.61 Å². The molecule has 1 atom stereocenters. The van der Waals surface area contributed by atoms with Crippen LogP contribution in [0.2, 0.25) is 0 Å². The minimum Gasteiger partial charge on any atom is -0.462 e. The molecule has 0 aliphatic carbocycles. The molecule has 0 radical (unpaired) electrons. The van der Waals surface area contributed by atoms with E-state index < -0.39 is 6.10 Å². The molecule has 0 saturated heterocycles. The van der Waals surface area contributed by atoms with Crippen LogP contribution in [0.4, 0.5) is 0 Å². The molecule has 392 valence electrons. The lowest BCUT2D eigenvalue weighted by atomic mass is 10.0. The van der Waals surface area contributed by atoms with Gasteiger partial charge in [-0.25, -0.2) is 0 Å². The summed E-state index contributed by atoms with van der Waals surface area (Å²) in [5, 5.41) is 9.63. The van der Waals surface area contributed by atoms with E-state index in [0.717, 1.165) is 96.3 Å². The maximum absolute atomic E-state index is 12.3. The number of hydrogen-bond acceptors (Lipinski definition) is 5. The molecular formula is C63H110O5. The van der Waals surface area contributed by atoms with Gasteiger partial charge < -0.3 is 14.6 Å². The number of rotatable bonds is 53. The Labute approximate surface area is 422 Å². The van der Waals surface area contributed by atoms with Gasteiger partial charge in [0.15, 0.2) is 6.10 Å². The lowest BCUT2D eigenvalue weighted by Gasteiger charge is -2.15. The molecule has 0 spiro atoms. The molecule has 1 unspecified atom stereocenters. The van der Waals surface area contributed by atoms with Gasteiger partial charge in [0.25, 0.3) is 0 Å². The quantitative estimate of drug-likeness (QED) is 0.0374. The van der Waals surface area contributed by atoms with Crippen LogP contribution in [0.15, 0.2) is 85.1 Å². The summed E-state index contributed by atoms with van der Waals surface area (Å²) < 4.78 is 10.7. The normalized spacial score (nSPS) is 12.8. The first-order valence-electron chi connectivity index (χ1n) is 29.1. The second-order valence-electron chi connectivity index (χ2n) is 19.3. The van der Waals surface area contributed by atoms with Gasteiger partial charge in [-0.05, 0) is 83.5 Å². The Bertz CT molecular complexity index is 1250. The lowest BCUT2D eigenvalue weighted by Crippen LogP contribution is -2.28. The molecule has 0 fully saturated rings. The van der Waals surface area contributed by atoms with Crippen LogP contribution in [-0.4, -0.2) is 36.4 Å². The van der Waals surface area contributed by atoms with Crippen molar-refractivity contribution >= 4 is 11.9 Å². The van der Waals surface area contributed by atoms with E-state index >= 15 is 0 Å². The lowest BCUT2D eigenvalue weighted by molar-refractivity contribution is -0.161. The molecule has 0 bridgehead atoms. The summed E-state index contributed by atoms with van der Waals surface area (Å²) in [5.41, 5.74) is 0. The van der Waals surface area contributed by atoms with Crippen LogP contribution in [0.25, 0.3) is 0 Å². The van der Waals surface area contributed by atoms with Crippen molar-refractivity contribution in [2.45, 2.75) is 290 Å². The molecule has 0 aromatic heterocycles. The second kappa shape index (κ2) is 58.4. The van der Waals surface area contributed by atoms with Gasteiger partial charge >= 0.3 is 11.9 Å². The van der Waals surface area contributed by atoms with Crippen molar-refractivity contribution in [3.8, 4) is 0 Å². The van der Waals surface area contributed by atoms with Crippen molar-refractivity contribution in [2.75, 3.05) is 13.2 Å². The van der Waals surface area contributed by atoms with Crippen LogP contribution in [0.5, 0.6) is 0 Å². The first-order valence-corrected chi connectivity index (χ1v) is 29.1. The van der Waals surface area contributed by atoms with Gasteiger partial charge in [0.2, 0.25) is 0 Å². The van der Waals surface area contributed by atoms with Gasteiger partial charge in [-0.3, -0.25) is 9.59 Å². The third kappa shape index (κ3) is 55.7. The van der Waals surface area contributed by atoms with Crippen LogP contribution in [0, 0.1) is 0 Å². The smallest absolute Gasteiger partial charge is 0.306 e. The van der Waals surface area contributed by atoms with E-state index in [1.807, 2.05) is 0 Å². The van der Waals surface area contributed by atoms with Crippen molar-refractivity contribution in [1.29, 1.82) is 0 Å². The van der Waals surface area contributed by atoms with Crippen LogP contribution in [0.3, 0.4) is 0 Å². The summed E-state index contributed by atoms with van der Waals surface area (Å²) in [6.07, 6.45) is 81.6. The maximum Gasteiger partial charge on any atom is 0.306 e. The van der Waals surface area contributed by atoms with Crippen LogP contribution in [0.1, 0.15) is 284 Å². The number of carbonyl (C=O) groups is 2. The molecule has 0 aromatic rings. The Balaban J connectivity index is 3.40. The van der Waals surface area contributed by atoms with E-state index in [1.165, 1.54) is 161 Å². The van der Waals surface area contributed by atoms with Crippen LogP contribution in [-0.2, 0) is 19.1 Å². The molecule has 0 saturated carbocycles. The van der Waals surface area contributed by atoms with Gasteiger partial charge in [-0.1, -0.05) is 272 Å². The molecule has 68 heavy (non-hydrogen) atoms. The minimum absolute atomic E-state index is 0.0745. The molecule has 0 rings (SSSR count). The number of hydrogen-bond donors (Lipinski definition) is 1. The van der Waals surface area contributed by atoms with Gasteiger partial charge in [0, 0.05) is 12.8 Å². The molecule has 0 aromatic carbocycles. The third-order valence-corrected chi connectivity index (χ3v) is 12.7. The molecule has 5 heteroatoms. The molecule has 1 N–H and O–H groups in total. The fraction of sp³-hybridized carbons (Fsp3) is 0.746. The number of unbranched alkanes of at least 4 members (excludes halogenated alkanes) is 31. The summed E-state index contributed by atoms with van der Waals surface area (Å²) in [7, 11) is 0. The predicted octanol–water partition coefficient (Wildman–Crippen LogP) is 19.8. The van der Waals surface area contributed by atoms with E-state index in [2.05, 4.69) is 98.9 Å². The van der Waals surface area contributed by atoms with Crippen LogP contribution < -0.4 is 0 Å². The SMILES string of the molecule is CC/C=C\C/C=C\C/C=C\C/C=C\CCCCCCCCCCCCCCCCCCCCCCCCCCCCC(=O)OC(CO)COC(=O)CCCCCCC/C=C\C/C=C\C/C=C\CC. The first-order chi connectivity index (χ1) is 33.6. The van der Waals surface area contributed by atoms with Crippen molar-refractivity contribution in [3.63, 3.8) is 0 Å². The summed E-state index contributed by atoms with van der Waals surface area (Å²) in [6, 6.07) is 0. The average molecular weight is 948 g/mol. The molecule has 5 nitrogen and oxygen atoms in total. The number of allylic oxidation sites excluding steroid dienone is 14. The van der Waals surface area contributed by atoms with E-state index in [0.29, 0.717) is 12.8 Å². The number of esters is 2. The number of ether oxygens (including phenoxy) is 2. The maximum atomic E-state index is 12.3. The molecule has 0 aliphatic heterocycles. The van der Waals surface area contributed by atoms with E-state index in [4.69, 9.17) is 9.47 Å². The Morgan fingerprint density at radius 3 is 0.882 bits per heavy atom. The Kier molecular flexibility index (Phi) is 55.9. The highest BCUT2D eigenvalue weighted by Crippen LogP contribution is 2.17. The Morgan fingerprint density at radius 2 is 0.588 bits per heavy atom. The average Bonchev–Trinajstić information content (AvgIpc) is 3.34. The summed E-state index contributed by atoms with van der Waals surface area (Å²) in [5.74, 6) is -0.603. The van der Waals surface area contributed by atoms with Gasteiger partial charge in [-0.15, -0.1) is 0 Å². The zero-order valence-electron chi connectivity index (χ0n) is 44.9. The fourth-order valence-electron chi connectivity index (χ4n) is 8.39. The Morgan fingerprint density at radius 1 is 0.338 bits per heavy atom. The Hall–Kier alpha value is -2.92. The van der Waals surface area contributed by atoms with E-state index in [9.17, 15) is 14.7 Å². The largest absolute Gasteiger partial charge is 0.462 e. The highest BCUT2D eigenvalue weighted by molar-refractivity contribution is 5.70. The van der Waals surface area contributed by atoms with E-state index in [1.54, 1.807) is 0 Å². The molecular weight excluding hydrogens is 837 g/mol. The predicted molar refractivity (Wildman–Crippen MR) is 297 cm³/mol. The number of aliphatic hydroxyl groups excluding tert-OH is 1. The summed E-state index contributed by atoms with van der Waals surface area (Å²) >= 11 is 0. The standard InChI is InChI=1S/C63H110O5/c1-3-5-7-9-11-13-15-17-19-20-21-22-23-24-25-26-27-28-29-30-31-32-33-34-35-36-37-38-39-40-41-42-44-46-48-50-52-54-56-58-63(66)68-61(59-64)60-67-62(65)57-55-53-51-49-47-45-43-18-16-14-12-10-8-6-4-2/h5-8,11-14,17-19,21-22,43,61,64H,3-4,9-10,15-16,20,23-42,44-60H2,1-2H3/b7-5-,8-6-,13-11-,14-12-,19-17-,22-21-,43-18-. The second-order valence-corrected chi connectivity index (χ2v) is 19.3. The zero-order valence-corrected chi connectivity index (χ0v) is 44.9. The summed E-state index contributed by atoms with van der Waals surface area (Å²) in [6.45, 7) is 3.92. The topological polar surface area (TPSA) is 72.8 Å². The van der Waals surface area contributed by atoms with Gasteiger partial charge in [-0.2, -0.15) is 0 Å². The zero-order chi connectivity index (χ0) is 49.2. The van der Waals surface area contributed by atoms with Crippen molar-refractivity contribution in [1.82, 2.24) is 0 Å². The van der Waals surface area contributed by atoms with Crippen molar-refractivity contribution in [2.24, 2.45) is 0 Å². The van der Waals surface area contributed by atoms with E-state index in [-0.39, 0.29) is 25.2 Å². The van der Waals surface area contributed by atoms with Gasteiger partial charge in [0.1, 0.15) is 6.61 Å². The molecule has 0 amide bonds. The number of aliphatic hydroxyl groups is 1. The molecule has 0 aliphatic rings. The monoisotopic (exact) mass is 947 g/mol. The number of carbonyl (C=O) groups excluding carboxylic acids is 2. The highest BCUT2D eigenvalue weighted by Gasteiger charge is 2.16. The minimum atomic E-state index is -0.780. The first kappa shape index (κ1) is 65.1. The van der Waals surface area contributed by atoms with Crippen molar-refractivity contribution in [3.05, 3.63) is 85.1 Å². The van der Waals surface area contributed by atoms with Crippen molar-refractivity contribution < 1.29 is 24.2 Å². The third-order valence-electron chi connectivity index (χ3n) is 12.7. The van der Waals surface area contributed by atoms with Crippen LogP contribution >= 0.6 is 0 Å². The molecule has 0 heterocycles.